The summed E-state index contributed by atoms with van der Waals surface area (Å²) in [5.74, 6) is 1.83. The van der Waals surface area contributed by atoms with E-state index in [1.54, 1.807) is 7.11 Å². The molecule has 0 aromatic heterocycles. The predicted molar refractivity (Wildman–Crippen MR) is 99.1 cm³/mol. The van der Waals surface area contributed by atoms with Crippen molar-refractivity contribution >= 4 is 5.78 Å². The fraction of sp³-hybridized carbons (Fsp3) is 0.955. The number of carbonyl (C=O) groups excluding carboxylic acids is 1. The molecule has 0 N–H and O–H groups in total. The zero-order chi connectivity index (χ0) is 19.2. The van der Waals surface area contributed by atoms with Crippen molar-refractivity contribution in [2.75, 3.05) is 20.8 Å². The van der Waals surface area contributed by atoms with Crippen LogP contribution < -0.4 is 0 Å². The highest BCUT2D eigenvalue weighted by Gasteiger charge is 2.77. The van der Waals surface area contributed by atoms with Crippen LogP contribution in [0.5, 0.6) is 0 Å². The molecule has 0 unspecified atom stereocenters. The lowest BCUT2D eigenvalue weighted by atomic mass is 9.38. The summed E-state index contributed by atoms with van der Waals surface area (Å²) in [5, 5.41) is 0. The first-order chi connectivity index (χ1) is 12.8. The van der Waals surface area contributed by atoms with Crippen molar-refractivity contribution in [3.63, 3.8) is 0 Å². The van der Waals surface area contributed by atoms with Crippen LogP contribution in [0.4, 0.5) is 0 Å². The van der Waals surface area contributed by atoms with Crippen LogP contribution in [0.25, 0.3) is 0 Å². The zero-order valence-electron chi connectivity index (χ0n) is 17.3. The number of fused-ring (bicyclic) bond motifs is 2. The lowest BCUT2D eigenvalue weighted by Crippen LogP contribution is -2.72. The number of rotatable bonds is 2. The molecule has 27 heavy (non-hydrogen) atoms. The molecule has 0 radical (unpaired) electrons. The van der Waals surface area contributed by atoms with E-state index < -0.39 is 5.60 Å². The molecule has 5 nitrogen and oxygen atoms in total. The van der Waals surface area contributed by atoms with Gasteiger partial charge in [-0.05, 0) is 43.9 Å². The Balaban J connectivity index is 1.67. The second-order valence-corrected chi connectivity index (χ2v) is 10.3. The van der Waals surface area contributed by atoms with Crippen molar-refractivity contribution in [3.05, 3.63) is 0 Å². The molecule has 2 saturated heterocycles. The van der Waals surface area contributed by atoms with Crippen molar-refractivity contribution in [2.45, 2.75) is 77.0 Å². The first-order valence-corrected chi connectivity index (χ1v) is 10.7. The number of hydrogen-bond donors (Lipinski definition) is 0. The van der Waals surface area contributed by atoms with E-state index >= 15 is 0 Å². The first-order valence-electron chi connectivity index (χ1n) is 10.7. The molecule has 2 heterocycles. The fourth-order valence-electron chi connectivity index (χ4n) is 8.30. The molecular weight excluding hydrogens is 344 g/mol. The summed E-state index contributed by atoms with van der Waals surface area (Å²) >= 11 is 0. The third kappa shape index (κ3) is 2.02. The van der Waals surface area contributed by atoms with Gasteiger partial charge in [0.1, 0.15) is 5.60 Å². The van der Waals surface area contributed by atoms with Gasteiger partial charge in [-0.1, -0.05) is 13.8 Å². The minimum Gasteiger partial charge on any atom is -0.381 e. The quantitative estimate of drug-likeness (QED) is 0.739. The summed E-state index contributed by atoms with van der Waals surface area (Å²) in [7, 11) is 3.56. The van der Waals surface area contributed by atoms with Crippen LogP contribution in [-0.4, -0.2) is 50.7 Å². The van der Waals surface area contributed by atoms with Crippen LogP contribution in [0.2, 0.25) is 0 Å². The van der Waals surface area contributed by atoms with Gasteiger partial charge in [-0.3, -0.25) is 4.79 Å². The van der Waals surface area contributed by atoms with Gasteiger partial charge in [-0.15, -0.1) is 0 Å². The molecule has 5 heteroatoms. The number of ether oxygens (including phenoxy) is 4. The minimum atomic E-state index is -0.679. The Morgan fingerprint density at radius 2 is 1.85 bits per heavy atom. The van der Waals surface area contributed by atoms with Gasteiger partial charge in [-0.25, -0.2) is 0 Å². The molecule has 152 valence electrons. The molecule has 5 rings (SSSR count). The summed E-state index contributed by atoms with van der Waals surface area (Å²) < 4.78 is 24.6. The highest BCUT2D eigenvalue weighted by molar-refractivity contribution is 5.89. The monoisotopic (exact) mass is 378 g/mol. The van der Waals surface area contributed by atoms with Gasteiger partial charge in [0.2, 0.25) is 0 Å². The number of ketones is 1. The second-order valence-electron chi connectivity index (χ2n) is 10.3. The van der Waals surface area contributed by atoms with Crippen molar-refractivity contribution in [2.24, 2.45) is 34.5 Å². The van der Waals surface area contributed by atoms with Gasteiger partial charge in [0, 0.05) is 43.8 Å². The Hall–Kier alpha value is -0.490. The van der Waals surface area contributed by atoms with E-state index in [-0.39, 0.29) is 46.9 Å². The van der Waals surface area contributed by atoms with E-state index in [0.29, 0.717) is 24.9 Å². The average molecular weight is 379 g/mol. The fourth-order valence-corrected chi connectivity index (χ4v) is 8.30. The Morgan fingerprint density at radius 1 is 1.07 bits per heavy atom. The van der Waals surface area contributed by atoms with Crippen molar-refractivity contribution in [3.8, 4) is 0 Å². The molecule has 5 fully saturated rings. The van der Waals surface area contributed by atoms with E-state index in [9.17, 15) is 4.79 Å². The van der Waals surface area contributed by atoms with Crippen LogP contribution in [0.1, 0.15) is 52.9 Å². The van der Waals surface area contributed by atoms with Crippen LogP contribution in [0.15, 0.2) is 0 Å². The Morgan fingerprint density at radius 3 is 2.56 bits per heavy atom. The van der Waals surface area contributed by atoms with Crippen molar-refractivity contribution < 1.29 is 23.7 Å². The van der Waals surface area contributed by atoms with Gasteiger partial charge in [0.15, 0.2) is 12.1 Å². The maximum Gasteiger partial charge on any atom is 0.164 e. The van der Waals surface area contributed by atoms with Gasteiger partial charge in [0.05, 0.1) is 18.8 Å². The number of hydrogen-bond acceptors (Lipinski definition) is 5. The molecule has 0 aromatic rings. The van der Waals surface area contributed by atoms with Crippen molar-refractivity contribution in [1.29, 1.82) is 0 Å². The predicted octanol–water partition coefficient (Wildman–Crippen LogP) is 3.20. The standard InChI is InChI=1S/C22H34O5/c1-12-6-7-17(24-4)20(2)13(12)8-18-22-11-26-21(3,16(23)9-14(20)22)15(22)10-19(25-5)27-18/h12-15,17-19H,6-11H2,1-5H3/t12-,13+,14-,15+,17-,18-,19+,20+,21+,22-/m1/s1. The van der Waals surface area contributed by atoms with Crippen LogP contribution in [0, 0.1) is 34.5 Å². The lowest BCUT2D eigenvalue weighted by molar-refractivity contribution is -0.308. The second kappa shape index (κ2) is 5.78. The zero-order valence-corrected chi connectivity index (χ0v) is 17.3. The third-order valence-electron chi connectivity index (χ3n) is 9.70. The maximum absolute atomic E-state index is 13.4. The summed E-state index contributed by atoms with van der Waals surface area (Å²) in [6.45, 7) is 7.44. The SMILES string of the molecule is CO[C@@H]1C[C@@H]2[C@@]34CO[C@]2(C)C(=O)C[C@@H]3[C@@]2(C)[C@H](OC)CC[C@@H](C)[C@@H]2C[C@H]4O1. The smallest absolute Gasteiger partial charge is 0.164 e. The molecule has 1 spiro atoms. The number of carbonyl (C=O) groups is 1. The Bertz CT molecular complexity index is 651. The Labute approximate surface area is 162 Å². The normalized spacial score (nSPS) is 59.3. The molecular formula is C22H34O5. The average Bonchev–Trinajstić information content (AvgIpc) is 2.90. The topological polar surface area (TPSA) is 54.0 Å². The highest BCUT2D eigenvalue weighted by atomic mass is 16.7. The highest BCUT2D eigenvalue weighted by Crippen LogP contribution is 2.72. The summed E-state index contributed by atoms with van der Waals surface area (Å²) in [6.07, 6.45) is 4.73. The number of methoxy groups -OCH3 is 2. The van der Waals surface area contributed by atoms with Gasteiger partial charge in [0.25, 0.3) is 0 Å². The van der Waals surface area contributed by atoms with E-state index in [1.165, 1.54) is 6.42 Å². The minimum absolute atomic E-state index is 0.00484. The van der Waals surface area contributed by atoms with Gasteiger partial charge < -0.3 is 18.9 Å². The van der Waals surface area contributed by atoms with E-state index in [0.717, 1.165) is 19.3 Å². The van der Waals surface area contributed by atoms with Crippen LogP contribution in [0.3, 0.4) is 0 Å². The molecule has 2 aliphatic heterocycles. The van der Waals surface area contributed by atoms with Gasteiger partial charge >= 0.3 is 0 Å². The van der Waals surface area contributed by atoms with E-state index in [4.69, 9.17) is 18.9 Å². The molecule has 0 amide bonds. The summed E-state index contributed by atoms with van der Waals surface area (Å²) in [5.41, 5.74) is -0.771. The molecule has 0 aromatic carbocycles. The maximum atomic E-state index is 13.4. The first kappa shape index (κ1) is 18.5. The van der Waals surface area contributed by atoms with E-state index in [2.05, 4.69) is 13.8 Å². The van der Waals surface area contributed by atoms with Crippen LogP contribution >= 0.6 is 0 Å². The summed E-state index contributed by atoms with van der Waals surface area (Å²) in [6, 6.07) is 0. The third-order valence-corrected chi connectivity index (χ3v) is 9.70. The molecule has 10 atom stereocenters. The summed E-state index contributed by atoms with van der Waals surface area (Å²) in [4.78, 5) is 13.4. The molecule has 3 aliphatic carbocycles. The van der Waals surface area contributed by atoms with Crippen LogP contribution in [-0.2, 0) is 23.7 Å². The van der Waals surface area contributed by atoms with E-state index in [1.807, 2.05) is 14.0 Å². The Kier molecular flexibility index (Phi) is 3.96. The molecule has 5 aliphatic rings. The lowest BCUT2D eigenvalue weighted by Gasteiger charge is -2.68. The number of Topliss-reactive ketones (excluding diaryl/α,β-unsaturated/α-hetero) is 1. The molecule has 2 bridgehead atoms. The largest absolute Gasteiger partial charge is 0.381 e. The molecule has 3 saturated carbocycles. The van der Waals surface area contributed by atoms with Gasteiger partial charge in [-0.2, -0.15) is 0 Å². The van der Waals surface area contributed by atoms with Crippen molar-refractivity contribution in [1.82, 2.24) is 0 Å².